The summed E-state index contributed by atoms with van der Waals surface area (Å²) < 4.78 is 3.59. The summed E-state index contributed by atoms with van der Waals surface area (Å²) in [5.41, 5.74) is 10.0. The van der Waals surface area contributed by atoms with Crippen LogP contribution in [0.15, 0.2) is 36.0 Å². The minimum absolute atomic E-state index is 0.284. The molecule has 1 heteroatoms. The van der Waals surface area contributed by atoms with Gasteiger partial charge in [-0.2, -0.15) is 0 Å². The molecule has 0 atom stereocenters. The van der Waals surface area contributed by atoms with Gasteiger partial charge in [-0.3, -0.25) is 0 Å². The molecule has 2 aliphatic carbocycles. The van der Waals surface area contributed by atoms with Crippen LogP contribution in [0, 0.1) is 47.1 Å². The fourth-order valence-corrected chi connectivity index (χ4v) is 8.87. The Morgan fingerprint density at radius 2 is 0.810 bits per heavy atom. The SMILES string of the molecule is CC1=C(C)C(C)(C)[C]([Sm][C]2=C(C)C(C)=C(C)C2(C)C)=C1C. The van der Waals surface area contributed by atoms with Crippen LogP contribution in [0.2, 0.25) is 0 Å². The summed E-state index contributed by atoms with van der Waals surface area (Å²) in [6, 6.07) is 0. The number of rotatable bonds is 2. The van der Waals surface area contributed by atoms with E-state index in [0.29, 0.717) is 0 Å². The van der Waals surface area contributed by atoms with Crippen LogP contribution < -0.4 is 0 Å². The van der Waals surface area contributed by atoms with Crippen molar-refractivity contribution in [3.05, 3.63) is 36.0 Å². The Bertz CT molecular complexity index is 575. The molecule has 2 aliphatic rings. The van der Waals surface area contributed by atoms with E-state index in [2.05, 4.69) is 69.2 Å². The molecule has 0 bridgehead atoms. The molecule has 0 N–H and O–H groups in total. The fourth-order valence-electron chi connectivity index (χ4n) is 3.63. The van der Waals surface area contributed by atoms with Gasteiger partial charge in [0.05, 0.1) is 0 Å². The van der Waals surface area contributed by atoms with Crippen molar-refractivity contribution in [2.75, 3.05) is 0 Å². The zero-order valence-corrected chi connectivity index (χ0v) is 18.0. The molecule has 0 saturated heterocycles. The molecule has 2 rings (SSSR count). The van der Waals surface area contributed by atoms with E-state index in [0.717, 1.165) is 0 Å². The summed E-state index contributed by atoms with van der Waals surface area (Å²) >= 11 is -0.694. The van der Waals surface area contributed by atoms with Gasteiger partial charge in [-0.05, 0) is 0 Å². The summed E-state index contributed by atoms with van der Waals surface area (Å²) in [7, 11) is 0. The van der Waals surface area contributed by atoms with E-state index in [9.17, 15) is 0 Å². The number of allylic oxidation sites excluding steroid dienone is 8. The summed E-state index contributed by atoms with van der Waals surface area (Å²) in [6.07, 6.45) is 0. The van der Waals surface area contributed by atoms with Gasteiger partial charge in [0.2, 0.25) is 0 Å². The molecule has 0 heterocycles. The fraction of sp³-hybridized carbons (Fsp3) is 0.600. The molecule has 0 fully saturated rings. The van der Waals surface area contributed by atoms with Crippen LogP contribution in [-0.2, 0) is 0 Å². The molecule has 0 aromatic carbocycles. The first-order valence-electron chi connectivity index (χ1n) is 7.91. The van der Waals surface area contributed by atoms with E-state index in [1.54, 1.807) is 36.0 Å². The molecule has 116 valence electrons. The molecule has 0 spiro atoms. The molecule has 0 aromatic heterocycles. The van der Waals surface area contributed by atoms with Crippen molar-refractivity contribution in [2.24, 2.45) is 10.8 Å². The third-order valence-corrected chi connectivity index (χ3v) is 12.7. The van der Waals surface area contributed by atoms with Gasteiger partial charge in [0.25, 0.3) is 0 Å². The first kappa shape index (κ1) is 17.6. The topological polar surface area (TPSA) is 0 Å². The van der Waals surface area contributed by atoms with Gasteiger partial charge in [0.1, 0.15) is 0 Å². The molecule has 0 unspecified atom stereocenters. The first-order valence-corrected chi connectivity index (χ1v) is 10.5. The van der Waals surface area contributed by atoms with Crippen LogP contribution in [0.5, 0.6) is 0 Å². The zero-order chi connectivity index (χ0) is 16.3. The normalized spacial score (nSPS) is 24.9. The van der Waals surface area contributed by atoms with Crippen LogP contribution in [0.4, 0.5) is 0 Å². The minimum atomic E-state index is -0.694. The van der Waals surface area contributed by atoms with Gasteiger partial charge in [-0.15, -0.1) is 0 Å². The Balaban J connectivity index is 2.47. The van der Waals surface area contributed by atoms with E-state index >= 15 is 0 Å². The van der Waals surface area contributed by atoms with Gasteiger partial charge in [0.15, 0.2) is 0 Å². The van der Waals surface area contributed by atoms with E-state index in [1.807, 2.05) is 0 Å². The Morgan fingerprint density at radius 1 is 0.524 bits per heavy atom. The van der Waals surface area contributed by atoms with Crippen LogP contribution in [-0.4, -0.2) is 0 Å². The van der Waals surface area contributed by atoms with E-state index in [1.165, 1.54) is 0 Å². The average molecular weight is 421 g/mol. The Morgan fingerprint density at radius 3 is 1.00 bits per heavy atom. The van der Waals surface area contributed by atoms with Crippen molar-refractivity contribution in [3.8, 4) is 0 Å². The van der Waals surface area contributed by atoms with Crippen molar-refractivity contribution >= 4 is 0 Å². The molecule has 21 heavy (non-hydrogen) atoms. The van der Waals surface area contributed by atoms with E-state index in [-0.39, 0.29) is 10.8 Å². The van der Waals surface area contributed by atoms with Crippen LogP contribution in [0.25, 0.3) is 0 Å². The van der Waals surface area contributed by atoms with Gasteiger partial charge < -0.3 is 0 Å². The molecule has 0 amide bonds. The molecule has 0 nitrogen and oxygen atoms in total. The maximum atomic E-state index is 2.43. The first-order chi connectivity index (χ1) is 9.44. The molecule has 0 aromatic rings. The van der Waals surface area contributed by atoms with Gasteiger partial charge in [-0.25, -0.2) is 0 Å². The molecule has 0 aliphatic heterocycles. The Hall–Kier alpha value is 0.298. The van der Waals surface area contributed by atoms with Crippen molar-refractivity contribution in [1.82, 2.24) is 0 Å². The van der Waals surface area contributed by atoms with Crippen LogP contribution in [0.3, 0.4) is 0 Å². The summed E-state index contributed by atoms with van der Waals surface area (Å²) in [5.74, 6) is 0. The monoisotopic (exact) mass is 422 g/mol. The van der Waals surface area contributed by atoms with Gasteiger partial charge in [0, 0.05) is 0 Å². The average Bonchev–Trinajstić information content (AvgIpc) is 2.63. The second-order valence-corrected chi connectivity index (χ2v) is 11.0. The quantitative estimate of drug-likeness (QED) is 0.487. The summed E-state index contributed by atoms with van der Waals surface area (Å²) in [4.78, 5) is 0. The van der Waals surface area contributed by atoms with Crippen molar-refractivity contribution in [1.29, 1.82) is 0 Å². The Kier molecular flexibility index (Phi) is 4.57. The molecule has 0 radical (unpaired) electrons. The standard InChI is InChI=1S/2C10H15.Sm/c2*1-7-6-10(4,5)9(3)8(7)2;/h2*1-5H3;. The summed E-state index contributed by atoms with van der Waals surface area (Å²) in [5, 5.41) is 0. The number of hydrogen-bond acceptors (Lipinski definition) is 0. The predicted molar refractivity (Wildman–Crippen MR) is 89.7 cm³/mol. The van der Waals surface area contributed by atoms with Crippen molar-refractivity contribution < 1.29 is 36.3 Å². The number of hydrogen-bond donors (Lipinski definition) is 0. The van der Waals surface area contributed by atoms with Crippen molar-refractivity contribution in [3.63, 3.8) is 0 Å². The summed E-state index contributed by atoms with van der Waals surface area (Å²) in [6.45, 7) is 23.7. The second-order valence-electron chi connectivity index (χ2n) is 7.76. The molecular formula is C20H30Sm. The Labute approximate surface area is 151 Å². The van der Waals surface area contributed by atoms with Gasteiger partial charge in [-0.1, -0.05) is 0 Å². The second kappa shape index (κ2) is 5.43. The van der Waals surface area contributed by atoms with Crippen LogP contribution in [0.1, 0.15) is 69.2 Å². The predicted octanol–water partition coefficient (Wildman–Crippen LogP) is 6.37. The third kappa shape index (κ3) is 2.48. The van der Waals surface area contributed by atoms with Crippen LogP contribution >= 0.6 is 0 Å². The van der Waals surface area contributed by atoms with Gasteiger partial charge >= 0.3 is 152 Å². The maximum absolute atomic E-state index is 2.43. The van der Waals surface area contributed by atoms with E-state index in [4.69, 9.17) is 0 Å². The zero-order valence-electron chi connectivity index (χ0n) is 15.4. The van der Waals surface area contributed by atoms with Crippen molar-refractivity contribution in [2.45, 2.75) is 69.2 Å². The molecular weight excluding hydrogens is 391 g/mol. The molecule has 0 saturated carbocycles. The third-order valence-electron chi connectivity index (χ3n) is 6.15. The van der Waals surface area contributed by atoms with E-state index < -0.39 is 36.3 Å².